The molecule has 1 atom stereocenters. The molecule has 1 amide bonds. The molecule has 2 N–H and O–H groups in total. The Morgan fingerprint density at radius 3 is 3.04 bits per heavy atom. The van der Waals surface area contributed by atoms with E-state index in [9.17, 15) is 4.79 Å². The largest absolute Gasteiger partial charge is 0.494 e. The fourth-order valence-electron chi connectivity index (χ4n) is 3.72. The van der Waals surface area contributed by atoms with E-state index in [0.717, 1.165) is 49.0 Å². The zero-order valence-electron chi connectivity index (χ0n) is 14.4. The fraction of sp³-hybridized carbons (Fsp3) is 0.474. The number of fused-ring (bicyclic) bond motifs is 1. The lowest BCUT2D eigenvalue weighted by Gasteiger charge is -2.36. The highest BCUT2D eigenvalue weighted by Gasteiger charge is 2.23. The summed E-state index contributed by atoms with van der Waals surface area (Å²) >= 11 is 0. The molecular formula is C19H25N3O2. The lowest BCUT2D eigenvalue weighted by atomic mass is 9.92. The average molecular weight is 327 g/mol. The van der Waals surface area contributed by atoms with E-state index in [1.165, 1.54) is 11.3 Å². The summed E-state index contributed by atoms with van der Waals surface area (Å²) in [7, 11) is 1.68. The monoisotopic (exact) mass is 327 g/mol. The van der Waals surface area contributed by atoms with Crippen LogP contribution in [0, 0.1) is 12.8 Å². The van der Waals surface area contributed by atoms with Crippen LogP contribution >= 0.6 is 0 Å². The number of nitrogens with zero attached hydrogens (tertiary/aromatic N) is 2. The van der Waals surface area contributed by atoms with Gasteiger partial charge in [-0.05, 0) is 43.7 Å². The lowest BCUT2D eigenvalue weighted by Crippen LogP contribution is -2.36. The summed E-state index contributed by atoms with van der Waals surface area (Å²) in [6.07, 6.45) is 5.57. The van der Waals surface area contributed by atoms with Gasteiger partial charge in [-0.3, -0.25) is 9.78 Å². The Bertz CT molecular complexity index is 745. The minimum absolute atomic E-state index is 0.206. The maximum absolute atomic E-state index is 11.1. The molecule has 1 fully saturated rings. The van der Waals surface area contributed by atoms with Gasteiger partial charge in [0.15, 0.2) is 0 Å². The third kappa shape index (κ3) is 3.30. The summed E-state index contributed by atoms with van der Waals surface area (Å²) in [6, 6.07) is 6.07. The first kappa shape index (κ1) is 16.6. The predicted molar refractivity (Wildman–Crippen MR) is 96.4 cm³/mol. The summed E-state index contributed by atoms with van der Waals surface area (Å²) in [5.41, 5.74) is 8.62. The van der Waals surface area contributed by atoms with Gasteiger partial charge in [0.1, 0.15) is 11.3 Å². The van der Waals surface area contributed by atoms with Crippen molar-refractivity contribution in [2.45, 2.75) is 32.6 Å². The highest BCUT2D eigenvalue weighted by molar-refractivity contribution is 5.96. The number of amides is 1. The number of anilines is 1. The van der Waals surface area contributed by atoms with Crippen molar-refractivity contribution in [2.75, 3.05) is 25.1 Å². The second-order valence-corrected chi connectivity index (χ2v) is 6.61. The van der Waals surface area contributed by atoms with Gasteiger partial charge in [0.2, 0.25) is 5.91 Å². The van der Waals surface area contributed by atoms with Crippen molar-refractivity contribution in [2.24, 2.45) is 11.7 Å². The van der Waals surface area contributed by atoms with Crippen molar-refractivity contribution in [3.63, 3.8) is 0 Å². The Kier molecular flexibility index (Phi) is 4.88. The molecule has 0 bridgehead atoms. The van der Waals surface area contributed by atoms with Crippen LogP contribution in [0.15, 0.2) is 24.4 Å². The van der Waals surface area contributed by atoms with Crippen molar-refractivity contribution in [3.05, 3.63) is 30.0 Å². The number of aromatic nitrogens is 1. The second kappa shape index (κ2) is 7.07. The number of primary amides is 1. The third-order valence-electron chi connectivity index (χ3n) is 4.87. The third-order valence-corrected chi connectivity index (χ3v) is 4.87. The smallest absolute Gasteiger partial charge is 0.217 e. The molecule has 0 spiro atoms. The molecular weight excluding hydrogens is 302 g/mol. The molecule has 0 aliphatic carbocycles. The van der Waals surface area contributed by atoms with Gasteiger partial charge < -0.3 is 15.4 Å². The first-order valence-corrected chi connectivity index (χ1v) is 8.55. The second-order valence-electron chi connectivity index (χ2n) is 6.61. The van der Waals surface area contributed by atoms with Gasteiger partial charge >= 0.3 is 0 Å². The summed E-state index contributed by atoms with van der Waals surface area (Å²) in [6.45, 7) is 4.10. The van der Waals surface area contributed by atoms with E-state index in [1.807, 2.05) is 18.3 Å². The van der Waals surface area contributed by atoms with Gasteiger partial charge in [-0.2, -0.15) is 0 Å². The molecule has 5 nitrogen and oxygen atoms in total. The maximum atomic E-state index is 11.1. The molecule has 2 aromatic rings. The van der Waals surface area contributed by atoms with Crippen LogP contribution in [-0.2, 0) is 4.79 Å². The molecule has 24 heavy (non-hydrogen) atoms. The van der Waals surface area contributed by atoms with Gasteiger partial charge in [-0.1, -0.05) is 12.1 Å². The van der Waals surface area contributed by atoms with E-state index in [4.69, 9.17) is 10.5 Å². The molecule has 0 radical (unpaired) electrons. The Morgan fingerprint density at radius 1 is 1.46 bits per heavy atom. The number of carbonyl (C=O) groups is 1. The Labute approximate surface area is 142 Å². The van der Waals surface area contributed by atoms with Gasteiger partial charge in [0.05, 0.1) is 12.8 Å². The number of piperidine rings is 1. The molecule has 1 aliphatic heterocycles. The molecule has 3 rings (SSSR count). The van der Waals surface area contributed by atoms with Gasteiger partial charge in [0, 0.05) is 31.1 Å². The van der Waals surface area contributed by atoms with Crippen LogP contribution in [0.5, 0.6) is 5.75 Å². The molecule has 1 aromatic heterocycles. The van der Waals surface area contributed by atoms with Crippen molar-refractivity contribution >= 4 is 22.5 Å². The van der Waals surface area contributed by atoms with E-state index in [0.29, 0.717) is 12.3 Å². The van der Waals surface area contributed by atoms with E-state index < -0.39 is 0 Å². The molecule has 1 saturated heterocycles. The Hall–Kier alpha value is -2.30. The van der Waals surface area contributed by atoms with Crippen LogP contribution < -0.4 is 15.4 Å². The molecule has 128 valence electrons. The standard InChI is InChI=1S/C19H25N3O2/c1-13-11-21-18-15(6-3-7-16(18)24-2)19(13)22-10-4-5-14(12-22)8-9-17(20)23/h3,6-7,11,14H,4-5,8-10,12H2,1-2H3,(H2,20,23). The summed E-state index contributed by atoms with van der Waals surface area (Å²) in [4.78, 5) is 18.1. The summed E-state index contributed by atoms with van der Waals surface area (Å²) in [5, 5.41) is 1.13. The van der Waals surface area contributed by atoms with Crippen LogP contribution in [0.25, 0.3) is 10.9 Å². The molecule has 1 unspecified atom stereocenters. The van der Waals surface area contributed by atoms with E-state index in [2.05, 4.69) is 22.9 Å². The van der Waals surface area contributed by atoms with E-state index >= 15 is 0 Å². The van der Waals surface area contributed by atoms with Crippen LogP contribution in [0.4, 0.5) is 5.69 Å². The first-order chi connectivity index (χ1) is 11.6. The minimum atomic E-state index is -0.206. The summed E-state index contributed by atoms with van der Waals surface area (Å²) < 4.78 is 5.46. The zero-order valence-corrected chi connectivity index (χ0v) is 14.4. The number of hydrogen-bond acceptors (Lipinski definition) is 4. The van der Waals surface area contributed by atoms with Crippen molar-refractivity contribution in [3.8, 4) is 5.75 Å². The number of ether oxygens (including phenoxy) is 1. The first-order valence-electron chi connectivity index (χ1n) is 8.55. The predicted octanol–water partition coefficient (Wildman–Crippen LogP) is 3.03. The number of carbonyl (C=O) groups excluding carboxylic acids is 1. The maximum Gasteiger partial charge on any atom is 0.217 e. The molecule has 2 heterocycles. The van der Waals surface area contributed by atoms with E-state index in [1.54, 1.807) is 7.11 Å². The number of pyridine rings is 1. The quantitative estimate of drug-likeness (QED) is 0.916. The zero-order chi connectivity index (χ0) is 17.1. The number of benzene rings is 1. The van der Waals surface area contributed by atoms with Gasteiger partial charge in [-0.25, -0.2) is 0 Å². The van der Waals surface area contributed by atoms with Crippen LogP contribution in [0.1, 0.15) is 31.2 Å². The van der Waals surface area contributed by atoms with Crippen molar-refractivity contribution < 1.29 is 9.53 Å². The molecule has 0 saturated carbocycles. The van der Waals surface area contributed by atoms with Crippen molar-refractivity contribution in [1.82, 2.24) is 4.98 Å². The van der Waals surface area contributed by atoms with Gasteiger partial charge in [-0.15, -0.1) is 0 Å². The van der Waals surface area contributed by atoms with Crippen LogP contribution in [0.2, 0.25) is 0 Å². The number of hydrogen-bond donors (Lipinski definition) is 1. The molecule has 1 aromatic carbocycles. The number of aryl methyl sites for hydroxylation is 1. The van der Waals surface area contributed by atoms with Crippen LogP contribution in [-0.4, -0.2) is 31.1 Å². The summed E-state index contributed by atoms with van der Waals surface area (Å²) in [5.74, 6) is 1.11. The highest BCUT2D eigenvalue weighted by Crippen LogP contribution is 2.36. The SMILES string of the molecule is COc1cccc2c(N3CCCC(CCC(N)=O)C3)c(C)cnc12. The topological polar surface area (TPSA) is 68.5 Å². The Morgan fingerprint density at radius 2 is 2.29 bits per heavy atom. The molecule has 1 aliphatic rings. The Balaban J connectivity index is 1.93. The fourth-order valence-corrected chi connectivity index (χ4v) is 3.72. The van der Waals surface area contributed by atoms with Crippen molar-refractivity contribution in [1.29, 1.82) is 0 Å². The number of rotatable bonds is 5. The minimum Gasteiger partial charge on any atom is -0.494 e. The molecule has 5 heteroatoms. The lowest BCUT2D eigenvalue weighted by molar-refractivity contribution is -0.118. The van der Waals surface area contributed by atoms with E-state index in [-0.39, 0.29) is 5.91 Å². The number of para-hydroxylation sites is 1. The van der Waals surface area contributed by atoms with Crippen LogP contribution in [0.3, 0.4) is 0 Å². The highest BCUT2D eigenvalue weighted by atomic mass is 16.5. The average Bonchev–Trinajstić information content (AvgIpc) is 2.59. The normalized spacial score (nSPS) is 17.9. The van der Waals surface area contributed by atoms with Gasteiger partial charge in [0.25, 0.3) is 0 Å². The number of methoxy groups -OCH3 is 1. The number of nitrogens with two attached hydrogens (primary N) is 1.